The number of esters is 1. The van der Waals surface area contributed by atoms with Gasteiger partial charge in [-0.3, -0.25) is 5.73 Å². The normalized spacial score (nSPS) is 20.1. The summed E-state index contributed by atoms with van der Waals surface area (Å²) < 4.78 is 12.5. The first-order valence-electron chi connectivity index (χ1n) is 12.5. The summed E-state index contributed by atoms with van der Waals surface area (Å²) >= 11 is 0. The Morgan fingerprint density at radius 3 is 2.49 bits per heavy atom. The number of para-hydroxylation sites is 1. The van der Waals surface area contributed by atoms with Crippen LogP contribution in [0.3, 0.4) is 0 Å². The van der Waals surface area contributed by atoms with Crippen LogP contribution in [-0.2, 0) is 16.5 Å². The van der Waals surface area contributed by atoms with Crippen molar-refractivity contribution in [2.24, 2.45) is 17.8 Å². The third kappa shape index (κ3) is 4.85. The van der Waals surface area contributed by atoms with E-state index in [1.807, 2.05) is 19.2 Å². The van der Waals surface area contributed by atoms with Crippen LogP contribution in [0.25, 0.3) is 11.3 Å². The van der Waals surface area contributed by atoms with Gasteiger partial charge in [0.25, 0.3) is 5.97 Å². The molecular formula is C28H34N6O3. The largest absolute Gasteiger partial charge is 0.465 e. The van der Waals surface area contributed by atoms with Crippen molar-refractivity contribution < 1.29 is 14.3 Å². The highest BCUT2D eigenvalue weighted by Gasteiger charge is 2.34. The molecule has 3 aromatic rings. The van der Waals surface area contributed by atoms with Gasteiger partial charge in [0.15, 0.2) is 5.84 Å². The second kappa shape index (κ2) is 10.0. The number of ether oxygens (including phenoxy) is 2. The molecule has 1 fully saturated rings. The molecule has 5 rings (SSSR count). The lowest BCUT2D eigenvalue weighted by Crippen LogP contribution is -2.51. The van der Waals surface area contributed by atoms with Gasteiger partial charge < -0.3 is 29.6 Å². The van der Waals surface area contributed by atoms with Gasteiger partial charge >= 0.3 is 5.97 Å². The number of likely N-dealkylation sites (tertiary alicyclic amines) is 1. The van der Waals surface area contributed by atoms with Crippen LogP contribution < -0.4 is 16.4 Å². The summed E-state index contributed by atoms with van der Waals surface area (Å²) in [5.74, 6) is -0.829. The number of nitrogens with zero attached hydrogens (tertiary/aromatic N) is 3. The summed E-state index contributed by atoms with van der Waals surface area (Å²) in [5, 5.41) is 6.49. The average molecular weight is 503 g/mol. The Bertz CT molecular complexity index is 1320. The van der Waals surface area contributed by atoms with E-state index in [0.717, 1.165) is 35.7 Å². The van der Waals surface area contributed by atoms with Crippen molar-refractivity contribution in [2.45, 2.75) is 24.7 Å². The van der Waals surface area contributed by atoms with Gasteiger partial charge in [0.1, 0.15) is 5.69 Å². The fourth-order valence-electron chi connectivity index (χ4n) is 5.16. The zero-order chi connectivity index (χ0) is 26.2. The molecule has 194 valence electrons. The Morgan fingerprint density at radius 2 is 1.81 bits per heavy atom. The molecule has 1 aromatic heterocycles. The highest BCUT2D eigenvalue weighted by atomic mass is 16.5. The van der Waals surface area contributed by atoms with E-state index in [0.29, 0.717) is 23.0 Å². The van der Waals surface area contributed by atoms with Crippen molar-refractivity contribution in [3.63, 3.8) is 0 Å². The Morgan fingerprint density at radius 1 is 1.11 bits per heavy atom. The van der Waals surface area contributed by atoms with E-state index < -0.39 is 11.9 Å². The van der Waals surface area contributed by atoms with E-state index in [4.69, 9.17) is 15.2 Å². The quantitative estimate of drug-likeness (QED) is 0.360. The number of benzene rings is 2. The number of carbonyl (C=O) groups excluding carboxylic acids is 1. The summed E-state index contributed by atoms with van der Waals surface area (Å²) in [4.78, 5) is 19.4. The molecule has 0 bridgehead atoms. The van der Waals surface area contributed by atoms with Crippen molar-refractivity contribution in [1.29, 1.82) is 0 Å². The number of methoxy groups -OCH3 is 2. The SMILES string of the molecule is COC(=O)c1ccccc1NC1=NC(N)(OC)Nc2cc(-c3ccc(C4CCN(C)CC4)cc3)n(C)c21. The fraction of sp³-hybridized carbons (Fsp3) is 0.357. The molecule has 2 aliphatic heterocycles. The van der Waals surface area contributed by atoms with Crippen LogP contribution in [0.1, 0.15) is 40.4 Å². The molecule has 0 spiro atoms. The summed E-state index contributed by atoms with van der Waals surface area (Å²) in [6.45, 7) is 2.27. The van der Waals surface area contributed by atoms with Crippen LogP contribution in [0.4, 0.5) is 11.4 Å². The smallest absolute Gasteiger partial charge is 0.339 e. The van der Waals surface area contributed by atoms with Gasteiger partial charge in [0.05, 0.1) is 29.7 Å². The second-order valence-electron chi connectivity index (χ2n) is 9.70. The predicted molar refractivity (Wildman–Crippen MR) is 146 cm³/mol. The summed E-state index contributed by atoms with van der Waals surface area (Å²) in [6, 6.07) is 18.0. The molecule has 37 heavy (non-hydrogen) atoms. The molecule has 4 N–H and O–H groups in total. The van der Waals surface area contributed by atoms with Crippen LogP contribution in [0.15, 0.2) is 59.6 Å². The molecule has 0 amide bonds. The summed E-state index contributed by atoms with van der Waals surface area (Å²) in [6.07, 6.45) is 2.37. The molecule has 1 unspecified atom stereocenters. The maximum atomic E-state index is 12.3. The molecule has 0 aliphatic carbocycles. The van der Waals surface area contributed by atoms with E-state index in [1.54, 1.807) is 18.2 Å². The molecular weight excluding hydrogens is 468 g/mol. The number of nitrogens with two attached hydrogens (primary N) is 1. The molecule has 1 saturated heterocycles. The number of nitrogens with one attached hydrogen (secondary N) is 2. The zero-order valence-corrected chi connectivity index (χ0v) is 21.7. The number of anilines is 2. The van der Waals surface area contributed by atoms with E-state index in [2.05, 4.69) is 56.4 Å². The first kappa shape index (κ1) is 25.0. The number of aromatic nitrogens is 1. The van der Waals surface area contributed by atoms with E-state index in [-0.39, 0.29) is 0 Å². The minimum Gasteiger partial charge on any atom is -0.465 e. The monoisotopic (exact) mass is 502 g/mol. The van der Waals surface area contributed by atoms with Crippen LogP contribution in [0.5, 0.6) is 0 Å². The number of aliphatic imine (C=N–C) groups is 1. The lowest BCUT2D eigenvalue weighted by molar-refractivity contribution is 0.0273. The minimum atomic E-state index is -1.47. The van der Waals surface area contributed by atoms with Gasteiger partial charge in [-0.1, -0.05) is 36.4 Å². The minimum absolute atomic E-state index is 0.395. The van der Waals surface area contributed by atoms with Gasteiger partial charge in [0, 0.05) is 14.2 Å². The number of rotatable bonds is 5. The number of hydrogen-bond donors (Lipinski definition) is 3. The summed E-state index contributed by atoms with van der Waals surface area (Å²) in [5.41, 5.74) is 12.4. The summed E-state index contributed by atoms with van der Waals surface area (Å²) in [7, 11) is 7.02. The third-order valence-corrected chi connectivity index (χ3v) is 7.34. The van der Waals surface area contributed by atoms with Crippen molar-refractivity contribution in [1.82, 2.24) is 9.47 Å². The maximum absolute atomic E-state index is 12.3. The Labute approximate surface area is 217 Å². The molecule has 1 atom stereocenters. The molecule has 2 aliphatic rings. The van der Waals surface area contributed by atoms with Crippen molar-refractivity contribution >= 4 is 23.2 Å². The number of carbonyl (C=O) groups is 1. The van der Waals surface area contributed by atoms with Crippen LogP contribution >= 0.6 is 0 Å². The topological polar surface area (TPSA) is 106 Å². The third-order valence-electron chi connectivity index (χ3n) is 7.34. The van der Waals surface area contributed by atoms with Gasteiger partial charge in [-0.15, -0.1) is 0 Å². The second-order valence-corrected chi connectivity index (χ2v) is 9.70. The Kier molecular flexibility index (Phi) is 6.76. The Hall–Kier alpha value is -3.66. The van der Waals surface area contributed by atoms with E-state index >= 15 is 0 Å². The highest BCUT2D eigenvalue weighted by molar-refractivity contribution is 6.14. The number of piperidine rings is 1. The van der Waals surface area contributed by atoms with Crippen LogP contribution in [0.2, 0.25) is 0 Å². The molecule has 0 radical (unpaired) electrons. The van der Waals surface area contributed by atoms with Crippen molar-refractivity contribution in [3.8, 4) is 11.3 Å². The lowest BCUT2D eigenvalue weighted by atomic mass is 9.89. The van der Waals surface area contributed by atoms with E-state index in [9.17, 15) is 4.79 Å². The van der Waals surface area contributed by atoms with Crippen LogP contribution in [-0.4, -0.2) is 61.6 Å². The van der Waals surface area contributed by atoms with Crippen LogP contribution in [0, 0.1) is 0 Å². The fourth-order valence-corrected chi connectivity index (χ4v) is 5.16. The first-order valence-corrected chi connectivity index (χ1v) is 12.5. The molecule has 3 heterocycles. The number of fused-ring (bicyclic) bond motifs is 1. The lowest BCUT2D eigenvalue weighted by Gasteiger charge is -2.31. The number of hydrogen-bond acceptors (Lipinski definition) is 8. The van der Waals surface area contributed by atoms with Gasteiger partial charge in [-0.05, 0) is 68.2 Å². The molecule has 2 aromatic carbocycles. The highest BCUT2D eigenvalue weighted by Crippen LogP contribution is 2.35. The first-order chi connectivity index (χ1) is 17.8. The van der Waals surface area contributed by atoms with Gasteiger partial charge in [0.2, 0.25) is 0 Å². The number of amidine groups is 1. The van der Waals surface area contributed by atoms with Gasteiger partial charge in [-0.2, -0.15) is 4.99 Å². The molecule has 9 heteroatoms. The zero-order valence-electron chi connectivity index (χ0n) is 21.7. The van der Waals surface area contributed by atoms with Gasteiger partial charge in [-0.25, -0.2) is 4.79 Å². The average Bonchev–Trinajstić information content (AvgIpc) is 3.24. The van der Waals surface area contributed by atoms with E-state index in [1.165, 1.54) is 32.6 Å². The predicted octanol–water partition coefficient (Wildman–Crippen LogP) is 3.79. The maximum Gasteiger partial charge on any atom is 0.339 e. The molecule has 0 saturated carbocycles. The Balaban J connectivity index is 1.49. The standard InChI is InChI=1S/C28H34N6O3/c1-33-15-13-19(14-16-33)18-9-11-20(12-10-18)24-17-23-25(34(24)2)26(32-28(29,31-23)37-4)30-22-8-6-5-7-21(22)27(35)36-3/h5-12,17,19,31H,13-16,29H2,1-4H3,(H,30,32). The van der Waals surface area contributed by atoms with Crippen molar-refractivity contribution in [3.05, 3.63) is 71.4 Å². The van der Waals surface area contributed by atoms with Crippen molar-refractivity contribution in [2.75, 3.05) is 45.0 Å². The molecule has 9 nitrogen and oxygen atoms in total.